The van der Waals surface area contributed by atoms with Crippen LogP contribution in [0.5, 0.6) is 0 Å². The smallest absolute Gasteiger partial charge is 0.225 e. The second-order valence-electron chi connectivity index (χ2n) is 7.58. The number of fused-ring (bicyclic) bond motifs is 2. The molecule has 0 bridgehead atoms. The Bertz CT molecular complexity index is 1180. The lowest BCUT2D eigenvalue weighted by molar-refractivity contribution is -0.115. The molecule has 3 heterocycles. The average molecular weight is 450 g/mol. The van der Waals surface area contributed by atoms with Crippen molar-refractivity contribution < 1.29 is 4.79 Å². The van der Waals surface area contributed by atoms with E-state index in [9.17, 15) is 4.79 Å². The Balaban J connectivity index is 1.20. The van der Waals surface area contributed by atoms with Crippen LogP contribution in [-0.2, 0) is 17.8 Å². The summed E-state index contributed by atoms with van der Waals surface area (Å²) in [5.74, 6) is 2.65. The second kappa shape index (κ2) is 9.20. The van der Waals surface area contributed by atoms with Crippen molar-refractivity contribution in [1.82, 2.24) is 19.7 Å². The van der Waals surface area contributed by atoms with Gasteiger partial charge < -0.3 is 9.88 Å². The number of anilines is 1. The molecule has 0 aliphatic carbocycles. The van der Waals surface area contributed by atoms with Crippen LogP contribution in [-0.4, -0.2) is 31.4 Å². The lowest BCUT2D eigenvalue weighted by Crippen LogP contribution is -2.12. The third-order valence-electron chi connectivity index (χ3n) is 5.34. The number of para-hydroxylation sites is 1. The number of hydrogen-bond donors (Lipinski definition) is 1. The highest BCUT2D eigenvalue weighted by atomic mass is 32.2. The number of nitrogens with zero attached hydrogens (tertiary/aromatic N) is 4. The zero-order valence-corrected chi connectivity index (χ0v) is 18.7. The van der Waals surface area contributed by atoms with Crippen LogP contribution >= 0.6 is 23.1 Å². The molecule has 1 aliphatic heterocycles. The van der Waals surface area contributed by atoms with Gasteiger partial charge >= 0.3 is 0 Å². The van der Waals surface area contributed by atoms with Gasteiger partial charge in [0.2, 0.25) is 5.91 Å². The van der Waals surface area contributed by atoms with Crippen molar-refractivity contribution in [3.05, 3.63) is 54.4 Å². The molecule has 1 amide bonds. The summed E-state index contributed by atoms with van der Waals surface area (Å²) in [6.45, 7) is 0.956. The highest BCUT2D eigenvalue weighted by Crippen LogP contribution is 2.30. The Morgan fingerprint density at radius 2 is 2.03 bits per heavy atom. The van der Waals surface area contributed by atoms with Crippen LogP contribution in [0, 0.1) is 0 Å². The predicted octanol–water partition coefficient (Wildman–Crippen LogP) is 5.40. The summed E-state index contributed by atoms with van der Waals surface area (Å²) >= 11 is 3.30. The standard InChI is InChI=1S/C23H23N5OS2/c29-21(12-14-30-23-25-18-9-3-4-10-19(18)31-23)24-17-8-6-7-16(15-17)22-27-26-20-11-2-1-5-13-28(20)22/h3-4,6-10,15H,1-2,5,11-14H2,(H,24,29). The van der Waals surface area contributed by atoms with Gasteiger partial charge in [0.1, 0.15) is 5.82 Å². The van der Waals surface area contributed by atoms with E-state index in [1.807, 2.05) is 42.5 Å². The number of aromatic nitrogens is 4. The second-order valence-corrected chi connectivity index (χ2v) is 9.95. The maximum Gasteiger partial charge on any atom is 0.225 e. The Kier molecular flexibility index (Phi) is 5.99. The molecule has 0 unspecified atom stereocenters. The molecule has 6 nitrogen and oxygen atoms in total. The van der Waals surface area contributed by atoms with Crippen molar-refractivity contribution in [2.75, 3.05) is 11.1 Å². The molecular weight excluding hydrogens is 426 g/mol. The topological polar surface area (TPSA) is 72.7 Å². The van der Waals surface area contributed by atoms with E-state index in [4.69, 9.17) is 0 Å². The van der Waals surface area contributed by atoms with Gasteiger partial charge in [0.15, 0.2) is 10.2 Å². The minimum absolute atomic E-state index is 0.00540. The number of rotatable bonds is 6. The number of carbonyl (C=O) groups is 1. The number of benzene rings is 2. The zero-order valence-electron chi connectivity index (χ0n) is 17.1. The van der Waals surface area contributed by atoms with E-state index in [-0.39, 0.29) is 5.91 Å². The number of hydrogen-bond acceptors (Lipinski definition) is 6. The molecule has 0 saturated carbocycles. The van der Waals surface area contributed by atoms with Gasteiger partial charge in [-0.3, -0.25) is 4.79 Å². The van der Waals surface area contributed by atoms with E-state index < -0.39 is 0 Å². The Morgan fingerprint density at radius 1 is 1.10 bits per heavy atom. The van der Waals surface area contributed by atoms with Crippen LogP contribution in [0.2, 0.25) is 0 Å². The summed E-state index contributed by atoms with van der Waals surface area (Å²) in [6.07, 6.45) is 4.97. The molecule has 8 heteroatoms. The van der Waals surface area contributed by atoms with E-state index in [1.165, 1.54) is 17.5 Å². The summed E-state index contributed by atoms with van der Waals surface area (Å²) in [5, 5.41) is 11.8. The number of nitrogens with one attached hydrogen (secondary N) is 1. The van der Waals surface area contributed by atoms with Crippen molar-refractivity contribution in [3.63, 3.8) is 0 Å². The van der Waals surface area contributed by atoms with Crippen LogP contribution in [0.1, 0.15) is 31.5 Å². The molecule has 31 heavy (non-hydrogen) atoms. The third kappa shape index (κ3) is 4.65. The number of thioether (sulfide) groups is 1. The lowest BCUT2D eigenvalue weighted by Gasteiger charge is -2.09. The van der Waals surface area contributed by atoms with Gasteiger partial charge in [0, 0.05) is 36.4 Å². The molecule has 2 aromatic carbocycles. The first-order valence-corrected chi connectivity index (χ1v) is 12.4. The van der Waals surface area contributed by atoms with Crippen molar-refractivity contribution >= 4 is 44.9 Å². The Labute approximate surface area is 189 Å². The highest BCUT2D eigenvalue weighted by Gasteiger charge is 2.16. The fraction of sp³-hybridized carbons (Fsp3) is 0.304. The Hall–Kier alpha value is -2.71. The maximum atomic E-state index is 12.5. The number of aryl methyl sites for hydroxylation is 1. The molecule has 0 fully saturated rings. The van der Waals surface area contributed by atoms with Crippen molar-refractivity contribution in [2.45, 2.75) is 43.0 Å². The van der Waals surface area contributed by atoms with E-state index >= 15 is 0 Å². The molecular formula is C23H23N5OS2. The molecule has 0 spiro atoms. The van der Waals surface area contributed by atoms with Crippen LogP contribution in [0.25, 0.3) is 21.6 Å². The molecule has 2 aromatic heterocycles. The molecule has 0 saturated heterocycles. The molecule has 1 N–H and O–H groups in total. The first-order valence-electron chi connectivity index (χ1n) is 10.6. The Morgan fingerprint density at radius 3 is 2.97 bits per heavy atom. The number of amides is 1. The summed E-state index contributed by atoms with van der Waals surface area (Å²) in [5.41, 5.74) is 2.79. The monoisotopic (exact) mass is 449 g/mol. The first kappa shape index (κ1) is 20.2. The normalized spacial score (nSPS) is 13.7. The summed E-state index contributed by atoms with van der Waals surface area (Å²) in [6, 6.07) is 16.0. The molecule has 0 radical (unpaired) electrons. The van der Waals surface area contributed by atoms with Crippen LogP contribution < -0.4 is 5.32 Å². The third-order valence-corrected chi connectivity index (χ3v) is 7.52. The lowest BCUT2D eigenvalue weighted by atomic mass is 10.2. The zero-order chi connectivity index (χ0) is 21.0. The van der Waals surface area contributed by atoms with E-state index in [2.05, 4.69) is 31.1 Å². The van der Waals surface area contributed by atoms with E-state index in [0.717, 1.165) is 52.1 Å². The van der Waals surface area contributed by atoms with Crippen LogP contribution in [0.3, 0.4) is 0 Å². The minimum Gasteiger partial charge on any atom is -0.326 e. The molecule has 1 aliphatic rings. The first-order chi connectivity index (χ1) is 15.3. The van der Waals surface area contributed by atoms with Gasteiger partial charge in [0.25, 0.3) is 0 Å². The molecule has 5 rings (SSSR count). The van der Waals surface area contributed by atoms with Crippen molar-refractivity contribution in [3.8, 4) is 11.4 Å². The van der Waals surface area contributed by atoms with Crippen molar-refractivity contribution in [1.29, 1.82) is 0 Å². The van der Waals surface area contributed by atoms with Gasteiger partial charge in [-0.05, 0) is 37.1 Å². The highest BCUT2D eigenvalue weighted by molar-refractivity contribution is 8.01. The number of thiazole rings is 1. The fourth-order valence-corrected chi connectivity index (χ4v) is 5.88. The fourth-order valence-electron chi connectivity index (χ4n) is 3.80. The van der Waals surface area contributed by atoms with Gasteiger partial charge in [0.05, 0.1) is 10.2 Å². The predicted molar refractivity (Wildman–Crippen MR) is 127 cm³/mol. The van der Waals surface area contributed by atoms with E-state index in [1.54, 1.807) is 23.1 Å². The average Bonchev–Trinajstić information content (AvgIpc) is 3.30. The SMILES string of the molecule is O=C(CCSc1nc2ccccc2s1)Nc1cccc(-c2nnc3n2CCCCC3)c1. The van der Waals surface area contributed by atoms with E-state index in [0.29, 0.717) is 12.2 Å². The van der Waals surface area contributed by atoms with Crippen LogP contribution in [0.15, 0.2) is 52.9 Å². The van der Waals surface area contributed by atoms with Crippen molar-refractivity contribution in [2.24, 2.45) is 0 Å². The summed E-state index contributed by atoms with van der Waals surface area (Å²) in [4.78, 5) is 17.1. The molecule has 158 valence electrons. The molecule has 4 aromatic rings. The van der Waals surface area contributed by atoms with Gasteiger partial charge in [-0.25, -0.2) is 4.98 Å². The number of carbonyl (C=O) groups excluding carboxylic acids is 1. The van der Waals surface area contributed by atoms with Gasteiger partial charge in [-0.2, -0.15) is 0 Å². The largest absolute Gasteiger partial charge is 0.326 e. The van der Waals surface area contributed by atoms with Gasteiger partial charge in [-0.1, -0.05) is 42.4 Å². The maximum absolute atomic E-state index is 12.5. The van der Waals surface area contributed by atoms with Crippen LogP contribution in [0.4, 0.5) is 5.69 Å². The molecule has 0 atom stereocenters. The quantitative estimate of drug-likeness (QED) is 0.399. The van der Waals surface area contributed by atoms with Gasteiger partial charge in [-0.15, -0.1) is 21.5 Å². The minimum atomic E-state index is 0.00540. The summed E-state index contributed by atoms with van der Waals surface area (Å²) in [7, 11) is 0. The summed E-state index contributed by atoms with van der Waals surface area (Å²) < 4.78 is 4.41.